The molecule has 3 aromatic carbocycles. The number of nitrogens with two attached hydrogens (primary N) is 1. The van der Waals surface area contributed by atoms with Gasteiger partial charge in [-0.25, -0.2) is 19.3 Å². The van der Waals surface area contributed by atoms with Crippen molar-refractivity contribution in [1.82, 2.24) is 19.1 Å². The van der Waals surface area contributed by atoms with Gasteiger partial charge in [0, 0.05) is 12.7 Å². The number of nitrogens with one attached hydrogen (secondary N) is 1. The number of para-hydroxylation sites is 1. The number of aryl methyl sites for hydroxylation is 1. The second kappa shape index (κ2) is 8.16. The maximum Gasteiger partial charge on any atom is 0.339 e. The van der Waals surface area contributed by atoms with E-state index in [1.807, 2.05) is 86.8 Å². The molecule has 0 aliphatic carbocycles. The minimum atomic E-state index is -0.287. The van der Waals surface area contributed by atoms with E-state index in [1.54, 1.807) is 9.13 Å². The molecule has 8 nitrogen and oxygen atoms in total. The maximum atomic E-state index is 13.7. The number of hydrogen-bond donors (Lipinski definition) is 2. The molecule has 2 heterocycles. The molecule has 5 aromatic rings. The molecular weight excluding hydrogens is 416 g/mol. The first-order valence-electron chi connectivity index (χ1n) is 10.4. The number of hydrogen-bond acceptors (Lipinski definition) is 6. The van der Waals surface area contributed by atoms with Gasteiger partial charge in [0.05, 0.1) is 11.4 Å². The molecule has 0 aliphatic rings. The maximum absolute atomic E-state index is 13.7. The Bertz CT molecular complexity index is 1520. The average Bonchev–Trinajstić information content (AvgIpc) is 3.13. The number of rotatable bonds is 5. The van der Waals surface area contributed by atoms with Crippen molar-refractivity contribution in [3.05, 3.63) is 95.2 Å². The number of anilines is 2. The van der Waals surface area contributed by atoms with E-state index in [2.05, 4.69) is 15.3 Å². The third kappa shape index (κ3) is 3.57. The SMILES string of the molecule is CNc1cccc(-n2c(=O)n(-c3ccc(Oc4ccccc4)cc3C)c3c(N)ncnc32)c1. The molecule has 0 aliphatic heterocycles. The van der Waals surface area contributed by atoms with Crippen molar-refractivity contribution in [2.45, 2.75) is 6.92 Å². The highest BCUT2D eigenvalue weighted by Gasteiger charge is 2.21. The molecule has 0 amide bonds. The summed E-state index contributed by atoms with van der Waals surface area (Å²) in [6.07, 6.45) is 1.36. The van der Waals surface area contributed by atoms with Crippen molar-refractivity contribution in [2.75, 3.05) is 18.1 Å². The summed E-state index contributed by atoms with van der Waals surface area (Å²) in [6, 6.07) is 22.6. The molecule has 3 N–H and O–H groups in total. The van der Waals surface area contributed by atoms with Gasteiger partial charge in [-0.15, -0.1) is 0 Å². The first-order chi connectivity index (χ1) is 16.1. The molecule has 0 fully saturated rings. The summed E-state index contributed by atoms with van der Waals surface area (Å²) >= 11 is 0. The van der Waals surface area contributed by atoms with Gasteiger partial charge in [0.15, 0.2) is 11.5 Å². The van der Waals surface area contributed by atoms with Gasteiger partial charge in [-0.1, -0.05) is 24.3 Å². The Balaban J connectivity index is 1.69. The number of benzene rings is 3. The molecule has 0 bridgehead atoms. The Morgan fingerprint density at radius 3 is 2.48 bits per heavy atom. The second-order valence-electron chi connectivity index (χ2n) is 7.55. The largest absolute Gasteiger partial charge is 0.457 e. The van der Waals surface area contributed by atoms with Crippen LogP contribution in [0.1, 0.15) is 5.56 Å². The van der Waals surface area contributed by atoms with E-state index >= 15 is 0 Å². The molecule has 2 aromatic heterocycles. The fourth-order valence-corrected chi connectivity index (χ4v) is 3.87. The first kappa shape index (κ1) is 20.3. The van der Waals surface area contributed by atoms with Gasteiger partial charge in [0.25, 0.3) is 0 Å². The summed E-state index contributed by atoms with van der Waals surface area (Å²) in [5.74, 6) is 1.63. The minimum Gasteiger partial charge on any atom is -0.457 e. The Kier molecular flexibility index (Phi) is 5.02. The van der Waals surface area contributed by atoms with Crippen LogP contribution in [0.2, 0.25) is 0 Å². The lowest BCUT2D eigenvalue weighted by molar-refractivity contribution is 0.482. The van der Waals surface area contributed by atoms with Gasteiger partial charge < -0.3 is 15.8 Å². The Labute approximate surface area is 189 Å². The molecule has 0 atom stereocenters. The second-order valence-corrected chi connectivity index (χ2v) is 7.55. The number of nitrogens with zero attached hydrogens (tertiary/aromatic N) is 4. The van der Waals surface area contributed by atoms with Crippen molar-refractivity contribution in [1.29, 1.82) is 0 Å². The van der Waals surface area contributed by atoms with Crippen molar-refractivity contribution < 1.29 is 4.74 Å². The molecule has 164 valence electrons. The molecule has 0 saturated carbocycles. The predicted molar refractivity (Wildman–Crippen MR) is 130 cm³/mol. The van der Waals surface area contributed by atoms with Crippen LogP contribution in [-0.4, -0.2) is 26.1 Å². The van der Waals surface area contributed by atoms with Crippen molar-refractivity contribution in [3.8, 4) is 22.9 Å². The molecule has 5 rings (SSSR count). The van der Waals surface area contributed by atoms with E-state index in [0.29, 0.717) is 28.3 Å². The van der Waals surface area contributed by atoms with E-state index in [4.69, 9.17) is 10.5 Å². The number of fused-ring (bicyclic) bond motifs is 1. The summed E-state index contributed by atoms with van der Waals surface area (Å²) in [5.41, 5.74) is 9.91. The van der Waals surface area contributed by atoms with Crippen molar-refractivity contribution >= 4 is 22.7 Å². The number of nitrogen functional groups attached to an aromatic ring is 1. The smallest absolute Gasteiger partial charge is 0.339 e. The fraction of sp³-hybridized carbons (Fsp3) is 0.0800. The number of aromatic nitrogens is 4. The van der Waals surface area contributed by atoms with Gasteiger partial charge in [-0.3, -0.25) is 4.57 Å². The van der Waals surface area contributed by atoms with Gasteiger partial charge >= 0.3 is 5.69 Å². The lowest BCUT2D eigenvalue weighted by Crippen LogP contribution is -2.23. The van der Waals surface area contributed by atoms with Crippen LogP contribution >= 0.6 is 0 Å². The van der Waals surface area contributed by atoms with Crippen LogP contribution < -0.4 is 21.5 Å². The fourth-order valence-electron chi connectivity index (χ4n) is 3.87. The lowest BCUT2D eigenvalue weighted by Gasteiger charge is -2.11. The average molecular weight is 438 g/mol. The van der Waals surface area contributed by atoms with Crippen LogP contribution in [0.5, 0.6) is 11.5 Å². The van der Waals surface area contributed by atoms with Crippen molar-refractivity contribution in [2.24, 2.45) is 0 Å². The minimum absolute atomic E-state index is 0.227. The Morgan fingerprint density at radius 2 is 1.73 bits per heavy atom. The lowest BCUT2D eigenvalue weighted by atomic mass is 10.2. The number of imidazole rings is 1. The highest BCUT2D eigenvalue weighted by atomic mass is 16.5. The summed E-state index contributed by atoms with van der Waals surface area (Å²) in [6.45, 7) is 1.92. The van der Waals surface area contributed by atoms with Crippen LogP contribution in [0.3, 0.4) is 0 Å². The summed E-state index contributed by atoms with van der Waals surface area (Å²) in [5, 5.41) is 3.10. The highest BCUT2D eigenvalue weighted by molar-refractivity contribution is 5.85. The topological polar surface area (TPSA) is 100.0 Å². The van der Waals surface area contributed by atoms with Crippen molar-refractivity contribution in [3.63, 3.8) is 0 Å². The van der Waals surface area contributed by atoms with Gasteiger partial charge in [0.2, 0.25) is 0 Å². The molecule has 0 spiro atoms. The monoisotopic (exact) mass is 438 g/mol. The molecule has 0 saturated heterocycles. The molecule has 0 unspecified atom stereocenters. The molecular formula is C25H22N6O2. The first-order valence-corrected chi connectivity index (χ1v) is 10.4. The molecule has 33 heavy (non-hydrogen) atoms. The third-order valence-electron chi connectivity index (χ3n) is 5.43. The predicted octanol–water partition coefficient (Wildman–Crippen LogP) is 4.30. The number of ether oxygens (including phenoxy) is 1. The Morgan fingerprint density at radius 1 is 0.909 bits per heavy atom. The standard InChI is InChI=1S/C25H22N6O2/c1-16-13-20(33-19-9-4-3-5-10-19)11-12-21(16)31-22-23(26)28-15-29-24(22)30(25(31)32)18-8-6-7-17(14-18)27-2/h3-15,27H,1-2H3,(H2,26,28,29). The summed E-state index contributed by atoms with van der Waals surface area (Å²) in [7, 11) is 1.83. The van der Waals surface area contributed by atoms with Gasteiger partial charge in [-0.2, -0.15) is 0 Å². The zero-order valence-electron chi connectivity index (χ0n) is 18.2. The van der Waals surface area contributed by atoms with Crippen LogP contribution in [0.25, 0.3) is 22.5 Å². The normalized spacial score (nSPS) is 11.0. The van der Waals surface area contributed by atoms with E-state index in [9.17, 15) is 4.79 Å². The van der Waals surface area contributed by atoms with Crippen LogP contribution in [0, 0.1) is 6.92 Å². The third-order valence-corrected chi connectivity index (χ3v) is 5.43. The van der Waals surface area contributed by atoms with E-state index < -0.39 is 0 Å². The van der Waals surface area contributed by atoms with E-state index in [0.717, 1.165) is 17.0 Å². The molecule has 8 heteroatoms. The van der Waals surface area contributed by atoms with Gasteiger partial charge in [0.1, 0.15) is 23.3 Å². The quantitative estimate of drug-likeness (QED) is 0.424. The van der Waals surface area contributed by atoms with Crippen LogP contribution in [0.15, 0.2) is 83.9 Å². The zero-order chi connectivity index (χ0) is 22.9. The van der Waals surface area contributed by atoms with Gasteiger partial charge in [-0.05, 0) is 61.0 Å². The van der Waals surface area contributed by atoms with Crippen LogP contribution in [0.4, 0.5) is 11.5 Å². The molecule has 0 radical (unpaired) electrons. The van der Waals surface area contributed by atoms with Crippen LogP contribution in [-0.2, 0) is 0 Å². The zero-order valence-corrected chi connectivity index (χ0v) is 18.2. The summed E-state index contributed by atoms with van der Waals surface area (Å²) < 4.78 is 9.04. The summed E-state index contributed by atoms with van der Waals surface area (Å²) in [4.78, 5) is 22.2. The van der Waals surface area contributed by atoms with E-state index in [-0.39, 0.29) is 11.5 Å². The van der Waals surface area contributed by atoms with E-state index in [1.165, 1.54) is 6.33 Å². The highest BCUT2D eigenvalue weighted by Crippen LogP contribution is 2.28. The Hall–Kier alpha value is -4.59.